The van der Waals surface area contributed by atoms with Crippen LogP contribution in [0.3, 0.4) is 0 Å². The summed E-state index contributed by atoms with van der Waals surface area (Å²) < 4.78 is 11.2. The first-order valence-corrected chi connectivity index (χ1v) is 10.1. The maximum absolute atomic E-state index is 12.6. The number of thioether (sulfide) groups is 1. The predicted octanol–water partition coefficient (Wildman–Crippen LogP) is 5.35. The first kappa shape index (κ1) is 20.5. The molecule has 1 unspecified atom stereocenters. The Bertz CT molecular complexity index is 767. The Hall–Kier alpha value is -1.85. The van der Waals surface area contributed by atoms with Crippen LogP contribution in [0.25, 0.3) is 0 Å². The molecule has 1 amide bonds. The maximum atomic E-state index is 12.6. The van der Waals surface area contributed by atoms with Gasteiger partial charge in [0, 0.05) is 4.90 Å². The lowest BCUT2D eigenvalue weighted by Gasteiger charge is -2.18. The van der Waals surface area contributed by atoms with Gasteiger partial charge in [-0.1, -0.05) is 17.7 Å². The smallest absolute Gasteiger partial charge is 0.253 e. The number of ether oxygens (including phenoxy) is 2. The second kappa shape index (κ2) is 9.74. The van der Waals surface area contributed by atoms with Crippen molar-refractivity contribution in [1.82, 2.24) is 5.32 Å². The zero-order valence-corrected chi connectivity index (χ0v) is 17.0. The van der Waals surface area contributed by atoms with Crippen LogP contribution < -0.4 is 14.8 Å². The largest absolute Gasteiger partial charge is 0.490 e. The summed E-state index contributed by atoms with van der Waals surface area (Å²) in [6.07, 6.45) is 1.96. The van der Waals surface area contributed by atoms with Crippen molar-refractivity contribution in [2.45, 2.75) is 31.7 Å². The van der Waals surface area contributed by atoms with Gasteiger partial charge in [-0.05, 0) is 62.9 Å². The lowest BCUT2D eigenvalue weighted by molar-refractivity contribution is 0.0939. The van der Waals surface area contributed by atoms with Gasteiger partial charge >= 0.3 is 0 Å². The summed E-state index contributed by atoms with van der Waals surface area (Å²) in [5.74, 6) is 1.17. The average molecular weight is 394 g/mol. The number of amides is 1. The molecule has 0 radical (unpaired) electrons. The van der Waals surface area contributed by atoms with Crippen LogP contribution in [0.2, 0.25) is 5.02 Å². The summed E-state index contributed by atoms with van der Waals surface area (Å²) in [5.41, 5.74) is 1.41. The van der Waals surface area contributed by atoms with Crippen LogP contribution in [-0.2, 0) is 0 Å². The molecule has 0 aliphatic rings. The second-order valence-corrected chi connectivity index (χ2v) is 6.90. The Morgan fingerprint density at radius 2 is 1.81 bits per heavy atom. The molecule has 0 saturated heterocycles. The Morgan fingerprint density at radius 3 is 2.46 bits per heavy atom. The van der Waals surface area contributed by atoms with Gasteiger partial charge < -0.3 is 14.8 Å². The van der Waals surface area contributed by atoms with Crippen molar-refractivity contribution in [3.05, 3.63) is 52.5 Å². The Kier molecular flexibility index (Phi) is 7.66. The monoisotopic (exact) mass is 393 g/mol. The van der Waals surface area contributed by atoms with E-state index in [0.717, 1.165) is 10.5 Å². The third kappa shape index (κ3) is 5.08. The van der Waals surface area contributed by atoms with E-state index in [1.54, 1.807) is 23.9 Å². The van der Waals surface area contributed by atoms with Gasteiger partial charge in [-0.15, -0.1) is 11.8 Å². The van der Waals surface area contributed by atoms with Gasteiger partial charge in [0.15, 0.2) is 11.5 Å². The van der Waals surface area contributed by atoms with E-state index >= 15 is 0 Å². The minimum atomic E-state index is -0.203. The van der Waals surface area contributed by atoms with E-state index in [1.165, 1.54) is 0 Å². The highest BCUT2D eigenvalue weighted by Crippen LogP contribution is 2.31. The molecule has 0 heterocycles. The Labute approximate surface area is 164 Å². The molecule has 0 aliphatic heterocycles. The highest BCUT2D eigenvalue weighted by atomic mass is 35.5. The van der Waals surface area contributed by atoms with Crippen molar-refractivity contribution in [1.29, 1.82) is 0 Å². The van der Waals surface area contributed by atoms with Crippen molar-refractivity contribution >= 4 is 29.3 Å². The number of benzene rings is 2. The number of carbonyl (C=O) groups excluding carboxylic acids is 1. The fraction of sp³-hybridized carbons (Fsp3) is 0.350. The standard InChI is InChI=1S/C20H24ClNO3S/c1-5-24-18-10-7-14(11-19(18)25-6-2)13(3)22-20(23)16-12-15(26-4)8-9-17(16)21/h7-13H,5-6H2,1-4H3,(H,22,23). The zero-order valence-electron chi connectivity index (χ0n) is 15.5. The molecule has 0 bridgehead atoms. The number of carbonyl (C=O) groups is 1. The van der Waals surface area contributed by atoms with Crippen molar-refractivity contribution in [3.63, 3.8) is 0 Å². The molecule has 6 heteroatoms. The quantitative estimate of drug-likeness (QED) is 0.614. The van der Waals surface area contributed by atoms with Crippen molar-refractivity contribution in [2.24, 2.45) is 0 Å². The molecule has 26 heavy (non-hydrogen) atoms. The lowest BCUT2D eigenvalue weighted by atomic mass is 10.1. The van der Waals surface area contributed by atoms with Crippen LogP contribution >= 0.6 is 23.4 Å². The van der Waals surface area contributed by atoms with Gasteiger partial charge in [0.25, 0.3) is 5.91 Å². The Morgan fingerprint density at radius 1 is 1.12 bits per heavy atom. The molecule has 0 saturated carbocycles. The maximum Gasteiger partial charge on any atom is 0.253 e. The number of halogens is 1. The summed E-state index contributed by atoms with van der Waals surface area (Å²) in [5, 5.41) is 3.44. The molecule has 4 nitrogen and oxygen atoms in total. The second-order valence-electron chi connectivity index (χ2n) is 5.61. The van der Waals surface area contributed by atoms with Gasteiger partial charge in [0.05, 0.1) is 29.8 Å². The predicted molar refractivity (Wildman–Crippen MR) is 108 cm³/mol. The van der Waals surface area contributed by atoms with Gasteiger partial charge in [0.2, 0.25) is 0 Å². The molecular formula is C20H24ClNO3S. The van der Waals surface area contributed by atoms with E-state index in [2.05, 4.69) is 5.32 Å². The highest BCUT2D eigenvalue weighted by Gasteiger charge is 2.16. The van der Waals surface area contributed by atoms with Crippen molar-refractivity contribution in [2.75, 3.05) is 19.5 Å². The van der Waals surface area contributed by atoms with E-state index in [0.29, 0.717) is 35.3 Å². The zero-order chi connectivity index (χ0) is 19.1. The minimum Gasteiger partial charge on any atom is -0.490 e. The summed E-state index contributed by atoms with van der Waals surface area (Å²) in [6.45, 7) is 6.89. The third-order valence-corrected chi connectivity index (χ3v) is 4.89. The number of nitrogens with one attached hydrogen (secondary N) is 1. The first-order chi connectivity index (χ1) is 12.5. The highest BCUT2D eigenvalue weighted by molar-refractivity contribution is 7.98. The first-order valence-electron chi connectivity index (χ1n) is 8.54. The molecule has 2 aromatic carbocycles. The topological polar surface area (TPSA) is 47.6 Å². The molecule has 0 aromatic heterocycles. The van der Waals surface area contributed by atoms with E-state index in [-0.39, 0.29) is 11.9 Å². The molecule has 2 aromatic rings. The SMILES string of the molecule is CCOc1ccc(C(C)NC(=O)c2cc(SC)ccc2Cl)cc1OCC. The van der Waals surface area contributed by atoms with Crippen LogP contribution in [0.5, 0.6) is 11.5 Å². The van der Waals surface area contributed by atoms with Gasteiger partial charge in [-0.2, -0.15) is 0 Å². The van der Waals surface area contributed by atoms with E-state index in [4.69, 9.17) is 21.1 Å². The number of hydrogen-bond acceptors (Lipinski definition) is 4. The fourth-order valence-corrected chi connectivity index (χ4v) is 3.14. The molecule has 0 spiro atoms. The number of rotatable bonds is 8. The molecule has 1 N–H and O–H groups in total. The van der Waals surface area contributed by atoms with Crippen LogP contribution in [0.1, 0.15) is 42.7 Å². The summed E-state index contributed by atoms with van der Waals surface area (Å²) in [7, 11) is 0. The fourth-order valence-electron chi connectivity index (χ4n) is 2.50. The summed E-state index contributed by atoms with van der Waals surface area (Å²) >= 11 is 7.76. The molecule has 1 atom stereocenters. The molecule has 0 aliphatic carbocycles. The van der Waals surface area contributed by atoms with Crippen molar-refractivity contribution < 1.29 is 14.3 Å². The van der Waals surface area contributed by atoms with Crippen molar-refractivity contribution in [3.8, 4) is 11.5 Å². The molecular weight excluding hydrogens is 370 g/mol. The van der Waals surface area contributed by atoms with Crippen LogP contribution in [-0.4, -0.2) is 25.4 Å². The third-order valence-electron chi connectivity index (χ3n) is 3.83. The summed E-state index contributed by atoms with van der Waals surface area (Å²) in [4.78, 5) is 13.6. The average Bonchev–Trinajstić information content (AvgIpc) is 2.63. The lowest BCUT2D eigenvalue weighted by Crippen LogP contribution is -2.27. The molecule has 2 rings (SSSR count). The van der Waals surface area contributed by atoms with E-state index < -0.39 is 0 Å². The summed E-state index contributed by atoms with van der Waals surface area (Å²) in [6, 6.07) is 10.9. The minimum absolute atomic E-state index is 0.202. The molecule has 0 fully saturated rings. The molecule has 140 valence electrons. The van der Waals surface area contributed by atoms with E-state index in [1.807, 2.05) is 51.3 Å². The number of hydrogen-bond donors (Lipinski definition) is 1. The van der Waals surface area contributed by atoms with E-state index in [9.17, 15) is 4.79 Å². The van der Waals surface area contributed by atoms with Crippen LogP contribution in [0.4, 0.5) is 0 Å². The van der Waals surface area contributed by atoms with Gasteiger partial charge in [0.1, 0.15) is 0 Å². The van der Waals surface area contributed by atoms with Crippen LogP contribution in [0.15, 0.2) is 41.3 Å². The van der Waals surface area contributed by atoms with Gasteiger partial charge in [-0.25, -0.2) is 0 Å². The normalized spacial score (nSPS) is 11.7. The van der Waals surface area contributed by atoms with Gasteiger partial charge in [-0.3, -0.25) is 4.79 Å². The van der Waals surface area contributed by atoms with Crippen LogP contribution in [0, 0.1) is 0 Å². The Balaban J connectivity index is 2.20.